The second kappa shape index (κ2) is 6.20. The van der Waals surface area contributed by atoms with Gasteiger partial charge in [-0.1, -0.05) is 25.0 Å². The third kappa shape index (κ3) is 2.62. The smallest absolute Gasteiger partial charge is 0.329 e. The lowest BCUT2D eigenvalue weighted by Crippen LogP contribution is -2.44. The predicted molar refractivity (Wildman–Crippen MR) is 72.5 cm³/mol. The topological polar surface area (TPSA) is 63.7 Å². The van der Waals surface area contributed by atoms with E-state index in [1.165, 1.54) is 0 Å². The minimum atomic E-state index is -0.828. The summed E-state index contributed by atoms with van der Waals surface area (Å²) in [5.74, 6) is -1.36. The Kier molecular flexibility index (Phi) is 4.57. The number of imide groups is 1. The van der Waals surface area contributed by atoms with Crippen molar-refractivity contribution in [1.29, 1.82) is 0 Å². The van der Waals surface area contributed by atoms with Crippen molar-refractivity contribution in [1.82, 2.24) is 4.90 Å². The van der Waals surface area contributed by atoms with Gasteiger partial charge in [0, 0.05) is 0 Å². The molecule has 20 heavy (non-hydrogen) atoms. The Hall–Kier alpha value is -1.65. The zero-order valence-corrected chi connectivity index (χ0v) is 12.0. The highest BCUT2D eigenvalue weighted by atomic mass is 16.5. The maximum atomic E-state index is 12.3. The molecule has 0 aromatic carbocycles. The Morgan fingerprint density at radius 2 is 1.85 bits per heavy atom. The molecule has 0 N–H and O–H groups in total. The van der Waals surface area contributed by atoms with Crippen molar-refractivity contribution in [3.05, 3.63) is 12.2 Å². The quantitative estimate of drug-likeness (QED) is 0.446. The van der Waals surface area contributed by atoms with Crippen molar-refractivity contribution in [2.24, 2.45) is 11.8 Å². The molecule has 0 aromatic rings. The van der Waals surface area contributed by atoms with E-state index in [1.807, 2.05) is 6.92 Å². The minimum absolute atomic E-state index is 0.169. The first kappa shape index (κ1) is 14.8. The van der Waals surface area contributed by atoms with Crippen molar-refractivity contribution in [3.63, 3.8) is 0 Å². The first-order chi connectivity index (χ1) is 9.57. The van der Waals surface area contributed by atoms with Gasteiger partial charge in [0.2, 0.25) is 11.8 Å². The fourth-order valence-electron chi connectivity index (χ4n) is 3.02. The van der Waals surface area contributed by atoms with Crippen molar-refractivity contribution in [2.75, 3.05) is 6.61 Å². The van der Waals surface area contributed by atoms with Gasteiger partial charge in [0.25, 0.3) is 0 Å². The van der Waals surface area contributed by atoms with E-state index in [1.54, 1.807) is 19.1 Å². The van der Waals surface area contributed by atoms with Gasteiger partial charge in [-0.25, -0.2) is 4.79 Å². The molecule has 0 aromatic heterocycles. The summed E-state index contributed by atoms with van der Waals surface area (Å²) in [6, 6.07) is -0.828. The Labute approximate surface area is 119 Å². The highest BCUT2D eigenvalue weighted by Crippen LogP contribution is 2.38. The summed E-state index contributed by atoms with van der Waals surface area (Å²) in [6.45, 7) is 3.56. The summed E-state index contributed by atoms with van der Waals surface area (Å²) in [5, 5.41) is 0. The predicted octanol–water partition coefficient (Wildman–Crippen LogP) is 1.67. The molecule has 0 radical (unpaired) electrons. The van der Waals surface area contributed by atoms with Gasteiger partial charge in [-0.2, -0.15) is 0 Å². The van der Waals surface area contributed by atoms with Crippen LogP contribution in [0.15, 0.2) is 12.2 Å². The summed E-state index contributed by atoms with van der Waals surface area (Å²) >= 11 is 0. The van der Waals surface area contributed by atoms with Gasteiger partial charge >= 0.3 is 5.97 Å². The van der Waals surface area contributed by atoms with E-state index in [2.05, 4.69) is 0 Å². The Morgan fingerprint density at radius 3 is 2.35 bits per heavy atom. The molecule has 0 bridgehead atoms. The van der Waals surface area contributed by atoms with Crippen LogP contribution in [0.4, 0.5) is 0 Å². The van der Waals surface area contributed by atoms with Crippen LogP contribution in [0.1, 0.15) is 39.5 Å². The average Bonchev–Trinajstić information content (AvgIpc) is 2.71. The highest BCUT2D eigenvalue weighted by Gasteiger charge is 2.51. The third-order valence-electron chi connectivity index (χ3n) is 4.16. The number of hydrogen-bond donors (Lipinski definition) is 0. The summed E-state index contributed by atoms with van der Waals surface area (Å²) in [5.41, 5.74) is 0. The Bertz CT molecular complexity index is 419. The molecule has 110 valence electrons. The number of allylic oxidation sites excluding steroid dienone is 1. The summed E-state index contributed by atoms with van der Waals surface area (Å²) in [4.78, 5) is 37.6. The molecule has 5 heteroatoms. The van der Waals surface area contributed by atoms with Crippen LogP contribution >= 0.6 is 0 Å². The van der Waals surface area contributed by atoms with E-state index in [9.17, 15) is 14.4 Å². The zero-order valence-electron chi connectivity index (χ0n) is 12.0. The molecular formula is C15H21NO4. The maximum Gasteiger partial charge on any atom is 0.329 e. The number of nitrogens with zero attached hydrogens (tertiary/aromatic N) is 1. The van der Waals surface area contributed by atoms with E-state index in [-0.39, 0.29) is 30.3 Å². The number of hydrogen-bond acceptors (Lipinski definition) is 4. The summed E-state index contributed by atoms with van der Waals surface area (Å²) in [6.07, 6.45) is 6.96. The van der Waals surface area contributed by atoms with Gasteiger partial charge in [0.05, 0.1) is 11.8 Å². The molecule has 2 aliphatic rings. The first-order valence-electron chi connectivity index (χ1n) is 7.22. The molecule has 5 nitrogen and oxygen atoms in total. The van der Waals surface area contributed by atoms with Crippen molar-refractivity contribution >= 4 is 17.8 Å². The van der Waals surface area contributed by atoms with Crippen LogP contribution in [0.5, 0.6) is 0 Å². The lowest BCUT2D eigenvalue weighted by Gasteiger charge is -2.21. The van der Waals surface area contributed by atoms with Gasteiger partial charge < -0.3 is 4.74 Å². The highest BCUT2D eigenvalue weighted by molar-refractivity contribution is 6.07. The van der Waals surface area contributed by atoms with Crippen LogP contribution in [-0.2, 0) is 19.1 Å². The van der Waals surface area contributed by atoms with Gasteiger partial charge in [-0.3, -0.25) is 14.5 Å². The van der Waals surface area contributed by atoms with Crippen molar-refractivity contribution in [2.45, 2.75) is 45.6 Å². The van der Waals surface area contributed by atoms with Crippen LogP contribution < -0.4 is 0 Å². The number of carbonyl (C=O) groups is 3. The fourth-order valence-corrected chi connectivity index (χ4v) is 3.02. The summed E-state index contributed by atoms with van der Waals surface area (Å²) in [7, 11) is 0. The molecule has 1 heterocycles. The molecule has 2 fully saturated rings. The van der Waals surface area contributed by atoms with Gasteiger partial charge in [0.1, 0.15) is 12.6 Å². The number of rotatable bonds is 4. The van der Waals surface area contributed by atoms with Gasteiger partial charge in [-0.15, -0.1) is 0 Å². The molecule has 2 amide bonds. The monoisotopic (exact) mass is 279 g/mol. The molecule has 1 saturated carbocycles. The number of fused-ring (bicyclic) bond motifs is 1. The number of esters is 1. The SMILES string of the molecule is C/C=C/COC(=O)[C@H](C)N1C(=O)C2CCCCC2C1=O. The van der Waals surface area contributed by atoms with Gasteiger partial charge in [0.15, 0.2) is 0 Å². The molecule has 3 atom stereocenters. The molecular weight excluding hydrogens is 258 g/mol. The van der Waals surface area contributed by atoms with E-state index >= 15 is 0 Å². The molecule has 2 rings (SSSR count). The standard InChI is InChI=1S/C15H21NO4/c1-3-4-9-20-15(19)10(2)16-13(17)11-7-5-6-8-12(11)14(16)18/h3-4,10-12H,5-9H2,1-2H3/b4-3+/t10-,11?,12?/m0/s1. The number of carbonyl (C=O) groups excluding carboxylic acids is 3. The molecule has 1 aliphatic heterocycles. The summed E-state index contributed by atoms with van der Waals surface area (Å²) < 4.78 is 5.03. The van der Waals surface area contributed by atoms with E-state index in [4.69, 9.17) is 4.74 Å². The second-order valence-corrected chi connectivity index (χ2v) is 5.42. The van der Waals surface area contributed by atoms with E-state index in [0.29, 0.717) is 0 Å². The maximum absolute atomic E-state index is 12.3. The van der Waals surface area contributed by atoms with Crippen LogP contribution in [0.2, 0.25) is 0 Å². The Morgan fingerprint density at radius 1 is 1.30 bits per heavy atom. The zero-order chi connectivity index (χ0) is 14.7. The van der Waals surface area contributed by atoms with Crippen molar-refractivity contribution in [3.8, 4) is 0 Å². The van der Waals surface area contributed by atoms with E-state index < -0.39 is 12.0 Å². The number of amides is 2. The molecule has 0 spiro atoms. The Balaban J connectivity index is 2.05. The van der Waals surface area contributed by atoms with Crippen LogP contribution in [0, 0.1) is 11.8 Å². The van der Waals surface area contributed by atoms with Crippen LogP contribution in [-0.4, -0.2) is 35.3 Å². The molecule has 2 unspecified atom stereocenters. The first-order valence-corrected chi connectivity index (χ1v) is 7.22. The second-order valence-electron chi connectivity index (χ2n) is 5.42. The lowest BCUT2D eigenvalue weighted by molar-refractivity contribution is -0.157. The fraction of sp³-hybridized carbons (Fsp3) is 0.667. The minimum Gasteiger partial charge on any atom is -0.460 e. The molecule has 1 aliphatic carbocycles. The average molecular weight is 279 g/mol. The molecule has 1 saturated heterocycles. The van der Waals surface area contributed by atoms with Gasteiger partial charge in [-0.05, 0) is 26.7 Å². The van der Waals surface area contributed by atoms with Crippen LogP contribution in [0.3, 0.4) is 0 Å². The normalized spacial score (nSPS) is 27.8. The van der Waals surface area contributed by atoms with E-state index in [0.717, 1.165) is 30.6 Å². The third-order valence-corrected chi connectivity index (χ3v) is 4.16. The lowest BCUT2D eigenvalue weighted by atomic mass is 9.81. The number of ether oxygens (including phenoxy) is 1. The van der Waals surface area contributed by atoms with Crippen LogP contribution in [0.25, 0.3) is 0 Å². The van der Waals surface area contributed by atoms with Crippen molar-refractivity contribution < 1.29 is 19.1 Å². The number of likely N-dealkylation sites (tertiary alicyclic amines) is 1. The largest absolute Gasteiger partial charge is 0.460 e.